The van der Waals surface area contributed by atoms with Gasteiger partial charge in [0.25, 0.3) is 0 Å². The van der Waals surface area contributed by atoms with Gasteiger partial charge in [-0.3, -0.25) is 0 Å². The van der Waals surface area contributed by atoms with Crippen molar-refractivity contribution in [3.05, 3.63) is 56.5 Å². The molecular weight excluding hydrogens is 323 g/mol. The third kappa shape index (κ3) is 3.18. The second kappa shape index (κ2) is 5.92. The molecule has 2 rings (SSSR count). The fourth-order valence-corrected chi connectivity index (χ4v) is 2.22. The summed E-state index contributed by atoms with van der Waals surface area (Å²) < 4.78 is 5.59. The topological polar surface area (TPSA) is 46.5 Å². The first-order valence-corrected chi connectivity index (χ1v) is 6.68. The SMILES string of the molecule is Cc1cc(Oc2cc(Cl)c(Cl)cc2Cl)ccc1C(=O)O. The summed E-state index contributed by atoms with van der Waals surface area (Å²) in [4.78, 5) is 10.9. The molecule has 3 nitrogen and oxygen atoms in total. The van der Waals surface area contributed by atoms with Gasteiger partial charge in [-0.15, -0.1) is 0 Å². The van der Waals surface area contributed by atoms with E-state index in [0.29, 0.717) is 32.1 Å². The summed E-state index contributed by atoms with van der Waals surface area (Å²) in [6, 6.07) is 7.63. The molecule has 0 aromatic heterocycles. The van der Waals surface area contributed by atoms with Crippen molar-refractivity contribution >= 4 is 40.8 Å². The van der Waals surface area contributed by atoms with Gasteiger partial charge in [0.05, 0.1) is 20.6 Å². The van der Waals surface area contributed by atoms with Crippen LogP contribution in [0.3, 0.4) is 0 Å². The van der Waals surface area contributed by atoms with Crippen molar-refractivity contribution in [2.75, 3.05) is 0 Å². The van der Waals surface area contributed by atoms with E-state index in [4.69, 9.17) is 44.6 Å². The number of benzene rings is 2. The Kier molecular flexibility index (Phi) is 4.43. The first-order valence-electron chi connectivity index (χ1n) is 5.55. The average molecular weight is 332 g/mol. The summed E-state index contributed by atoms with van der Waals surface area (Å²) in [5.74, 6) is -0.169. The van der Waals surface area contributed by atoms with E-state index in [9.17, 15) is 4.79 Å². The second-order valence-electron chi connectivity index (χ2n) is 4.08. The number of hydrogen-bond acceptors (Lipinski definition) is 2. The Morgan fingerprint density at radius 2 is 1.70 bits per heavy atom. The zero-order valence-corrected chi connectivity index (χ0v) is 12.6. The normalized spacial score (nSPS) is 10.4. The van der Waals surface area contributed by atoms with Gasteiger partial charge in [-0.2, -0.15) is 0 Å². The lowest BCUT2D eigenvalue weighted by atomic mass is 10.1. The standard InChI is InChI=1S/C14H9Cl3O3/c1-7-4-8(2-3-9(7)14(18)19)20-13-6-11(16)10(15)5-12(13)17/h2-6H,1H3,(H,18,19). The van der Waals surface area contributed by atoms with Crippen molar-refractivity contribution in [3.8, 4) is 11.5 Å². The molecule has 0 bridgehead atoms. The van der Waals surface area contributed by atoms with Crippen LogP contribution in [-0.2, 0) is 0 Å². The molecule has 0 unspecified atom stereocenters. The molecule has 2 aromatic rings. The maximum Gasteiger partial charge on any atom is 0.335 e. The van der Waals surface area contributed by atoms with E-state index in [0.717, 1.165) is 0 Å². The quantitative estimate of drug-likeness (QED) is 0.761. The maximum atomic E-state index is 10.9. The van der Waals surface area contributed by atoms with Crippen LogP contribution in [0.2, 0.25) is 15.1 Å². The van der Waals surface area contributed by atoms with Crippen LogP contribution in [0, 0.1) is 6.92 Å². The molecule has 0 aliphatic carbocycles. The highest BCUT2D eigenvalue weighted by Gasteiger charge is 2.11. The lowest BCUT2D eigenvalue weighted by Crippen LogP contribution is -1.99. The highest BCUT2D eigenvalue weighted by atomic mass is 35.5. The van der Waals surface area contributed by atoms with Crippen LogP contribution in [0.4, 0.5) is 0 Å². The third-order valence-corrected chi connectivity index (χ3v) is 3.65. The average Bonchev–Trinajstić information content (AvgIpc) is 2.35. The number of aromatic carboxylic acids is 1. The molecule has 6 heteroatoms. The van der Waals surface area contributed by atoms with Crippen molar-refractivity contribution in [1.29, 1.82) is 0 Å². The van der Waals surface area contributed by atoms with Gasteiger partial charge in [0.2, 0.25) is 0 Å². The summed E-state index contributed by atoms with van der Waals surface area (Å²) in [6.07, 6.45) is 0. The van der Waals surface area contributed by atoms with Crippen molar-refractivity contribution in [3.63, 3.8) is 0 Å². The second-order valence-corrected chi connectivity index (χ2v) is 5.30. The van der Waals surface area contributed by atoms with E-state index < -0.39 is 5.97 Å². The van der Waals surface area contributed by atoms with Crippen LogP contribution in [0.1, 0.15) is 15.9 Å². The molecule has 0 radical (unpaired) electrons. The molecule has 2 aromatic carbocycles. The lowest BCUT2D eigenvalue weighted by Gasteiger charge is -2.10. The number of aryl methyl sites for hydroxylation is 1. The summed E-state index contributed by atoms with van der Waals surface area (Å²) in [5, 5.41) is 9.94. The van der Waals surface area contributed by atoms with Crippen LogP contribution >= 0.6 is 34.8 Å². The van der Waals surface area contributed by atoms with E-state index in [1.807, 2.05) is 0 Å². The van der Waals surface area contributed by atoms with Crippen LogP contribution in [0.15, 0.2) is 30.3 Å². The predicted molar refractivity (Wildman–Crippen MR) is 79.7 cm³/mol. The van der Waals surface area contributed by atoms with E-state index >= 15 is 0 Å². The largest absolute Gasteiger partial charge is 0.478 e. The molecule has 20 heavy (non-hydrogen) atoms. The van der Waals surface area contributed by atoms with E-state index in [-0.39, 0.29) is 5.56 Å². The first kappa shape index (κ1) is 15.0. The minimum atomic E-state index is -0.985. The predicted octanol–water partition coefficient (Wildman–Crippen LogP) is 5.45. The fourth-order valence-electron chi connectivity index (χ4n) is 1.65. The number of hydrogen-bond donors (Lipinski definition) is 1. The zero-order chi connectivity index (χ0) is 14.9. The van der Waals surface area contributed by atoms with Gasteiger partial charge in [0, 0.05) is 6.07 Å². The van der Waals surface area contributed by atoms with Gasteiger partial charge >= 0.3 is 5.97 Å². The van der Waals surface area contributed by atoms with Crippen LogP contribution in [0.5, 0.6) is 11.5 Å². The molecule has 0 amide bonds. The summed E-state index contributed by atoms with van der Waals surface area (Å²) >= 11 is 17.7. The zero-order valence-electron chi connectivity index (χ0n) is 10.3. The Balaban J connectivity index is 2.33. The summed E-state index contributed by atoms with van der Waals surface area (Å²) in [6.45, 7) is 1.69. The number of carbonyl (C=O) groups is 1. The number of ether oxygens (including phenoxy) is 1. The van der Waals surface area contributed by atoms with Crippen molar-refractivity contribution in [2.24, 2.45) is 0 Å². The van der Waals surface area contributed by atoms with Gasteiger partial charge in [-0.05, 0) is 36.8 Å². The van der Waals surface area contributed by atoms with Gasteiger partial charge in [-0.1, -0.05) is 34.8 Å². The Morgan fingerprint density at radius 3 is 2.30 bits per heavy atom. The Labute approximate surface area is 130 Å². The molecule has 104 valence electrons. The lowest BCUT2D eigenvalue weighted by molar-refractivity contribution is 0.0696. The van der Waals surface area contributed by atoms with Crippen molar-refractivity contribution in [1.82, 2.24) is 0 Å². The van der Waals surface area contributed by atoms with E-state index in [1.54, 1.807) is 19.1 Å². The molecule has 0 fully saturated rings. The molecular formula is C14H9Cl3O3. The van der Waals surface area contributed by atoms with Crippen molar-refractivity contribution in [2.45, 2.75) is 6.92 Å². The number of carboxylic acids is 1. The molecule has 0 aliphatic rings. The molecule has 0 spiro atoms. The number of rotatable bonds is 3. The molecule has 0 saturated carbocycles. The summed E-state index contributed by atoms with van der Waals surface area (Å²) in [5.41, 5.74) is 0.809. The molecule has 0 heterocycles. The fraction of sp³-hybridized carbons (Fsp3) is 0.0714. The van der Waals surface area contributed by atoms with Crippen LogP contribution in [0.25, 0.3) is 0 Å². The molecule has 0 aliphatic heterocycles. The summed E-state index contributed by atoms with van der Waals surface area (Å²) in [7, 11) is 0. The highest BCUT2D eigenvalue weighted by Crippen LogP contribution is 2.36. The Hall–Kier alpha value is -1.42. The van der Waals surface area contributed by atoms with Crippen molar-refractivity contribution < 1.29 is 14.6 Å². The van der Waals surface area contributed by atoms with Crippen LogP contribution in [-0.4, -0.2) is 11.1 Å². The minimum absolute atomic E-state index is 0.220. The first-order chi connectivity index (χ1) is 9.38. The minimum Gasteiger partial charge on any atom is -0.478 e. The number of carboxylic acid groups (broad SMARTS) is 1. The van der Waals surface area contributed by atoms with E-state index in [2.05, 4.69) is 0 Å². The van der Waals surface area contributed by atoms with E-state index in [1.165, 1.54) is 18.2 Å². The Morgan fingerprint density at radius 1 is 1.05 bits per heavy atom. The number of halogens is 3. The third-order valence-electron chi connectivity index (χ3n) is 2.63. The molecule has 0 saturated heterocycles. The Bertz CT molecular complexity index is 684. The van der Waals surface area contributed by atoms with Gasteiger partial charge in [0.15, 0.2) is 0 Å². The van der Waals surface area contributed by atoms with Crippen LogP contribution < -0.4 is 4.74 Å². The van der Waals surface area contributed by atoms with Gasteiger partial charge < -0.3 is 9.84 Å². The van der Waals surface area contributed by atoms with Gasteiger partial charge in [-0.25, -0.2) is 4.79 Å². The van der Waals surface area contributed by atoms with Gasteiger partial charge in [0.1, 0.15) is 11.5 Å². The molecule has 0 atom stereocenters. The monoisotopic (exact) mass is 330 g/mol. The highest BCUT2D eigenvalue weighted by molar-refractivity contribution is 6.43. The smallest absolute Gasteiger partial charge is 0.335 e. The molecule has 1 N–H and O–H groups in total. The maximum absolute atomic E-state index is 10.9.